The number of carbonyl (C=O) groups is 2. The number of carbonyl (C=O) groups excluding carboxylic acids is 2. The largest absolute Gasteiger partial charge is 0.508 e. The van der Waals surface area contributed by atoms with Crippen LogP contribution >= 0.6 is 0 Å². The van der Waals surface area contributed by atoms with Crippen molar-refractivity contribution in [3.63, 3.8) is 0 Å². The highest BCUT2D eigenvalue weighted by atomic mass is 19.4. The molecule has 0 saturated heterocycles. The SMILES string of the molecule is CC(=O)OCC(=O)[C@@]1(O)CC=C2c3cc(C(F)(F)F)c4cc(O)ccc4c3CC[C@@]21C. The Morgan fingerprint density at radius 2 is 1.90 bits per heavy atom. The van der Waals surface area contributed by atoms with Gasteiger partial charge in [-0.1, -0.05) is 19.1 Å². The lowest BCUT2D eigenvalue weighted by atomic mass is 9.61. The molecule has 2 aromatic rings. The average molecular weight is 434 g/mol. The number of Topliss-reactive ketones (excluding diaryl/α,β-unsaturated/α-hetero) is 1. The highest BCUT2D eigenvalue weighted by Crippen LogP contribution is 2.58. The Kier molecular flexibility index (Phi) is 4.70. The van der Waals surface area contributed by atoms with E-state index in [0.717, 1.165) is 19.1 Å². The van der Waals surface area contributed by atoms with Crippen molar-refractivity contribution < 1.29 is 37.7 Å². The van der Waals surface area contributed by atoms with Crippen LogP contribution in [0.3, 0.4) is 0 Å². The molecular weight excluding hydrogens is 413 g/mol. The number of ether oxygens (including phenoxy) is 1. The molecule has 0 bridgehead atoms. The van der Waals surface area contributed by atoms with Crippen molar-refractivity contribution in [1.29, 1.82) is 0 Å². The van der Waals surface area contributed by atoms with Crippen LogP contribution in [0.1, 0.15) is 43.4 Å². The minimum absolute atomic E-state index is 0.0761. The van der Waals surface area contributed by atoms with Gasteiger partial charge in [0, 0.05) is 18.8 Å². The minimum atomic E-state index is -4.66. The smallest absolute Gasteiger partial charge is 0.417 e. The van der Waals surface area contributed by atoms with E-state index in [1.165, 1.54) is 12.1 Å². The predicted molar refractivity (Wildman–Crippen MR) is 106 cm³/mol. The second-order valence-corrected chi connectivity index (χ2v) is 8.40. The van der Waals surface area contributed by atoms with Gasteiger partial charge in [-0.15, -0.1) is 0 Å². The summed E-state index contributed by atoms with van der Waals surface area (Å²) in [6, 6.07) is 4.96. The molecule has 0 aromatic heterocycles. The van der Waals surface area contributed by atoms with E-state index in [2.05, 4.69) is 0 Å². The van der Waals surface area contributed by atoms with E-state index in [4.69, 9.17) is 4.74 Å². The van der Waals surface area contributed by atoms with Gasteiger partial charge in [0.05, 0.1) is 5.56 Å². The third kappa shape index (κ3) is 3.12. The molecule has 8 heteroatoms. The van der Waals surface area contributed by atoms with Crippen LogP contribution in [0.5, 0.6) is 5.75 Å². The van der Waals surface area contributed by atoms with Gasteiger partial charge in [0.2, 0.25) is 5.78 Å². The number of halogens is 3. The summed E-state index contributed by atoms with van der Waals surface area (Å²) in [5, 5.41) is 21.3. The number of phenolic OH excluding ortho intramolecular Hbond substituents is 1. The summed E-state index contributed by atoms with van der Waals surface area (Å²) in [6.07, 6.45) is -2.46. The number of hydrogen-bond acceptors (Lipinski definition) is 5. The van der Waals surface area contributed by atoms with Crippen LogP contribution in [0.2, 0.25) is 0 Å². The molecule has 164 valence electrons. The van der Waals surface area contributed by atoms with Gasteiger partial charge in [-0.3, -0.25) is 9.59 Å². The molecular formula is C23H21F3O5. The predicted octanol–water partition coefficient (Wildman–Crippen LogP) is 4.17. The summed E-state index contributed by atoms with van der Waals surface area (Å²) in [6.45, 7) is 2.21. The zero-order chi connectivity index (χ0) is 22.8. The van der Waals surface area contributed by atoms with Crippen molar-refractivity contribution >= 4 is 28.1 Å². The molecule has 0 amide bonds. The first-order chi connectivity index (χ1) is 14.4. The lowest BCUT2D eigenvalue weighted by molar-refractivity contribution is -0.158. The number of esters is 1. The van der Waals surface area contributed by atoms with Crippen molar-refractivity contribution in [1.82, 2.24) is 0 Å². The standard InChI is InChI=1S/C23H21F3O5/c1-12(27)31-11-20(29)22(30)8-6-18-17-10-19(23(24,25)26)16-9-13(28)3-4-14(16)15(17)5-7-21(18,22)2/h3-4,6,9-10,28,30H,5,7-8,11H2,1-2H3/t21-,22-/m0/s1. The van der Waals surface area contributed by atoms with E-state index in [-0.39, 0.29) is 17.6 Å². The Morgan fingerprint density at radius 1 is 1.19 bits per heavy atom. The number of aromatic hydroxyl groups is 1. The molecule has 2 aliphatic carbocycles. The van der Waals surface area contributed by atoms with Crippen LogP contribution < -0.4 is 0 Å². The molecule has 2 aliphatic rings. The number of rotatable bonds is 3. The van der Waals surface area contributed by atoms with Crippen LogP contribution in [0.15, 0.2) is 30.3 Å². The van der Waals surface area contributed by atoms with E-state index < -0.39 is 41.1 Å². The Morgan fingerprint density at radius 3 is 2.55 bits per heavy atom. The van der Waals surface area contributed by atoms with Gasteiger partial charge in [0.15, 0.2) is 6.61 Å². The van der Waals surface area contributed by atoms with Crippen molar-refractivity contribution in [2.45, 2.75) is 44.9 Å². The van der Waals surface area contributed by atoms with Gasteiger partial charge in [-0.25, -0.2) is 0 Å². The van der Waals surface area contributed by atoms with E-state index in [9.17, 15) is 33.0 Å². The van der Waals surface area contributed by atoms with E-state index >= 15 is 0 Å². The zero-order valence-corrected chi connectivity index (χ0v) is 17.0. The van der Waals surface area contributed by atoms with Crippen LogP contribution in [0, 0.1) is 5.41 Å². The highest BCUT2D eigenvalue weighted by Gasteiger charge is 2.58. The first kappa shape index (κ1) is 21.4. The van der Waals surface area contributed by atoms with E-state index in [1.807, 2.05) is 0 Å². The Hall–Kier alpha value is -2.87. The monoisotopic (exact) mass is 434 g/mol. The zero-order valence-electron chi connectivity index (χ0n) is 17.0. The molecule has 0 heterocycles. The van der Waals surface area contributed by atoms with Gasteiger partial charge in [0.1, 0.15) is 11.4 Å². The molecule has 5 nitrogen and oxygen atoms in total. The number of phenols is 1. The topological polar surface area (TPSA) is 83.8 Å². The number of ketones is 1. The maximum absolute atomic E-state index is 13.9. The summed E-state index contributed by atoms with van der Waals surface area (Å²) in [5.41, 5.74) is -2.38. The van der Waals surface area contributed by atoms with E-state index in [0.29, 0.717) is 34.9 Å². The molecule has 4 rings (SSSR count). The fourth-order valence-electron chi connectivity index (χ4n) is 4.97. The van der Waals surface area contributed by atoms with Crippen molar-refractivity contribution in [3.8, 4) is 5.75 Å². The van der Waals surface area contributed by atoms with Crippen molar-refractivity contribution in [2.75, 3.05) is 6.61 Å². The molecule has 0 unspecified atom stereocenters. The molecule has 31 heavy (non-hydrogen) atoms. The molecule has 2 aromatic carbocycles. The molecule has 0 fully saturated rings. The lowest BCUT2D eigenvalue weighted by Gasteiger charge is -2.44. The maximum atomic E-state index is 13.9. The third-order valence-corrected chi connectivity index (χ3v) is 6.68. The van der Waals surface area contributed by atoms with Crippen molar-refractivity contribution in [2.24, 2.45) is 5.41 Å². The second-order valence-electron chi connectivity index (χ2n) is 8.40. The summed E-state index contributed by atoms with van der Waals surface area (Å²) >= 11 is 0. The molecule has 2 N–H and O–H groups in total. The highest BCUT2D eigenvalue weighted by molar-refractivity contribution is 6.00. The minimum Gasteiger partial charge on any atom is -0.508 e. The first-order valence-electron chi connectivity index (χ1n) is 9.84. The van der Waals surface area contributed by atoms with Gasteiger partial charge < -0.3 is 14.9 Å². The number of aliphatic hydroxyl groups is 1. The quantitative estimate of drug-likeness (QED) is 0.709. The van der Waals surface area contributed by atoms with Crippen LogP contribution in [-0.2, 0) is 26.9 Å². The number of fused-ring (bicyclic) bond motifs is 5. The average Bonchev–Trinajstić information content (AvgIpc) is 2.96. The van der Waals surface area contributed by atoms with Gasteiger partial charge in [0.25, 0.3) is 0 Å². The van der Waals surface area contributed by atoms with Gasteiger partial charge >= 0.3 is 12.1 Å². The lowest BCUT2D eigenvalue weighted by Crippen LogP contribution is -2.53. The maximum Gasteiger partial charge on any atom is 0.417 e. The number of alkyl halides is 3. The van der Waals surface area contributed by atoms with Gasteiger partial charge in [-0.2, -0.15) is 13.2 Å². The molecule has 0 aliphatic heterocycles. The third-order valence-electron chi connectivity index (χ3n) is 6.68. The fourth-order valence-corrected chi connectivity index (χ4v) is 4.97. The Balaban J connectivity index is 1.87. The number of aryl methyl sites for hydroxylation is 1. The summed E-state index contributed by atoms with van der Waals surface area (Å²) in [7, 11) is 0. The molecule has 2 atom stereocenters. The summed E-state index contributed by atoms with van der Waals surface area (Å²) < 4.78 is 46.4. The molecule has 0 radical (unpaired) electrons. The fraction of sp³-hybridized carbons (Fsp3) is 0.391. The number of benzene rings is 2. The number of hydrogen-bond donors (Lipinski definition) is 2. The van der Waals surface area contributed by atoms with Crippen LogP contribution in [0.25, 0.3) is 16.3 Å². The Bertz CT molecular complexity index is 1150. The van der Waals surface area contributed by atoms with Gasteiger partial charge in [-0.05, 0) is 58.5 Å². The first-order valence-corrected chi connectivity index (χ1v) is 9.84. The summed E-state index contributed by atoms with van der Waals surface area (Å²) in [4.78, 5) is 23.8. The summed E-state index contributed by atoms with van der Waals surface area (Å²) in [5.74, 6) is -1.60. The van der Waals surface area contributed by atoms with Crippen molar-refractivity contribution in [3.05, 3.63) is 47.0 Å². The van der Waals surface area contributed by atoms with E-state index in [1.54, 1.807) is 13.0 Å². The molecule has 0 saturated carbocycles. The normalized spacial score (nSPS) is 25.0. The molecule has 0 spiro atoms. The van der Waals surface area contributed by atoms with Crippen LogP contribution in [-0.4, -0.2) is 34.2 Å². The second kappa shape index (κ2) is 6.82. The van der Waals surface area contributed by atoms with Crippen LogP contribution in [0.4, 0.5) is 13.2 Å². The Labute approximate surface area is 176 Å².